The van der Waals surface area contributed by atoms with Gasteiger partial charge in [0.15, 0.2) is 0 Å². The Kier molecular flexibility index (Phi) is 5.10. The molecule has 0 spiro atoms. The third-order valence-electron chi connectivity index (χ3n) is 3.33. The van der Waals surface area contributed by atoms with E-state index in [1.165, 1.54) is 0 Å². The van der Waals surface area contributed by atoms with Crippen LogP contribution in [0.2, 0.25) is 0 Å². The first-order valence-electron chi connectivity index (χ1n) is 6.46. The number of amides is 1. The summed E-state index contributed by atoms with van der Waals surface area (Å²) in [6, 6.07) is 7.55. The van der Waals surface area contributed by atoms with Crippen LogP contribution in [0.3, 0.4) is 0 Å². The van der Waals surface area contributed by atoms with Gasteiger partial charge < -0.3 is 15.4 Å². The molecule has 1 aliphatic heterocycles. The minimum absolute atomic E-state index is 0.0163. The molecule has 1 aliphatic rings. The molecule has 1 aromatic rings. The zero-order valence-electron chi connectivity index (χ0n) is 11.2. The maximum absolute atomic E-state index is 12.6. The first-order valence-corrected chi connectivity index (χ1v) is 7.61. The van der Waals surface area contributed by atoms with Crippen LogP contribution in [-0.2, 0) is 4.74 Å². The number of anilines is 1. The monoisotopic (exact) mass is 280 g/mol. The van der Waals surface area contributed by atoms with Gasteiger partial charge >= 0.3 is 0 Å². The number of thioether (sulfide) groups is 1. The van der Waals surface area contributed by atoms with Crippen molar-refractivity contribution in [2.45, 2.75) is 12.5 Å². The fourth-order valence-corrected chi connectivity index (χ4v) is 3.48. The molecule has 5 heteroatoms. The van der Waals surface area contributed by atoms with E-state index < -0.39 is 0 Å². The van der Waals surface area contributed by atoms with E-state index in [4.69, 9.17) is 10.5 Å². The minimum Gasteiger partial charge on any atom is -0.398 e. The number of rotatable bonds is 5. The third kappa shape index (κ3) is 3.42. The van der Waals surface area contributed by atoms with E-state index >= 15 is 0 Å². The normalized spacial score (nSPS) is 18.5. The van der Waals surface area contributed by atoms with Crippen molar-refractivity contribution in [3.63, 3.8) is 0 Å². The highest BCUT2D eigenvalue weighted by Crippen LogP contribution is 2.24. The molecule has 0 aliphatic carbocycles. The number of nitrogen functional groups attached to an aromatic ring is 1. The number of nitrogens with two attached hydrogens (primary N) is 1. The molecule has 1 aromatic carbocycles. The van der Waals surface area contributed by atoms with Crippen LogP contribution in [0.15, 0.2) is 24.3 Å². The smallest absolute Gasteiger partial charge is 0.256 e. The molecular formula is C14H20N2O2S. The Balaban J connectivity index is 2.17. The molecule has 4 nitrogen and oxygen atoms in total. The van der Waals surface area contributed by atoms with Gasteiger partial charge in [0.1, 0.15) is 0 Å². The number of ether oxygens (including phenoxy) is 1. The number of carbonyl (C=O) groups is 1. The van der Waals surface area contributed by atoms with Crippen LogP contribution in [0.1, 0.15) is 16.8 Å². The summed E-state index contributed by atoms with van der Waals surface area (Å²) in [4.78, 5) is 14.6. The summed E-state index contributed by atoms with van der Waals surface area (Å²) in [6.45, 7) is 1.18. The lowest BCUT2D eigenvalue weighted by Gasteiger charge is -2.28. The Morgan fingerprint density at radius 1 is 1.53 bits per heavy atom. The van der Waals surface area contributed by atoms with Gasteiger partial charge in [-0.3, -0.25) is 4.79 Å². The van der Waals surface area contributed by atoms with Crippen LogP contribution >= 0.6 is 11.8 Å². The lowest BCUT2D eigenvalue weighted by molar-refractivity contribution is 0.0626. The standard InChI is InChI=1S/C14H20N2O2S/c1-18-8-7-16(11-6-9-19-10-11)14(17)12-4-2-3-5-13(12)15/h2-5,11H,6-10,15H2,1H3. The number of benzene rings is 1. The van der Waals surface area contributed by atoms with Gasteiger partial charge in [-0.15, -0.1) is 0 Å². The summed E-state index contributed by atoms with van der Waals surface area (Å²) in [5.41, 5.74) is 7.04. The van der Waals surface area contributed by atoms with E-state index in [9.17, 15) is 4.79 Å². The van der Waals surface area contributed by atoms with E-state index in [0.29, 0.717) is 30.4 Å². The second-order valence-electron chi connectivity index (χ2n) is 4.60. The van der Waals surface area contributed by atoms with Crippen molar-refractivity contribution < 1.29 is 9.53 Å². The fraction of sp³-hybridized carbons (Fsp3) is 0.500. The van der Waals surface area contributed by atoms with Crippen molar-refractivity contribution in [3.05, 3.63) is 29.8 Å². The van der Waals surface area contributed by atoms with Gasteiger partial charge in [-0.05, 0) is 24.3 Å². The highest BCUT2D eigenvalue weighted by molar-refractivity contribution is 7.99. The maximum atomic E-state index is 12.6. The minimum atomic E-state index is 0.0163. The lowest BCUT2D eigenvalue weighted by Crippen LogP contribution is -2.42. The molecular weight excluding hydrogens is 260 g/mol. The van der Waals surface area contributed by atoms with Crippen molar-refractivity contribution in [1.29, 1.82) is 0 Å². The number of methoxy groups -OCH3 is 1. The molecule has 1 saturated heterocycles. The van der Waals surface area contributed by atoms with Gasteiger partial charge in [-0.25, -0.2) is 0 Å². The van der Waals surface area contributed by atoms with Crippen LogP contribution in [0.4, 0.5) is 5.69 Å². The molecule has 1 heterocycles. The van der Waals surface area contributed by atoms with E-state index in [-0.39, 0.29) is 5.91 Å². The SMILES string of the molecule is COCCN(C(=O)c1ccccc1N)C1CCSC1. The predicted molar refractivity (Wildman–Crippen MR) is 79.5 cm³/mol. The average molecular weight is 280 g/mol. The lowest BCUT2D eigenvalue weighted by atomic mass is 10.1. The Labute approximate surface area is 118 Å². The molecule has 2 rings (SSSR count). The summed E-state index contributed by atoms with van der Waals surface area (Å²) >= 11 is 1.89. The van der Waals surface area contributed by atoms with Crippen LogP contribution in [0, 0.1) is 0 Å². The first-order chi connectivity index (χ1) is 9.24. The summed E-state index contributed by atoms with van der Waals surface area (Å²) in [6.07, 6.45) is 1.05. The average Bonchev–Trinajstić information content (AvgIpc) is 2.93. The molecule has 1 amide bonds. The van der Waals surface area contributed by atoms with Crippen LogP contribution in [0.5, 0.6) is 0 Å². The molecule has 1 atom stereocenters. The summed E-state index contributed by atoms with van der Waals surface area (Å²) in [5.74, 6) is 2.14. The van der Waals surface area contributed by atoms with E-state index in [1.807, 2.05) is 28.8 Å². The van der Waals surface area contributed by atoms with E-state index in [1.54, 1.807) is 19.2 Å². The Morgan fingerprint density at radius 2 is 2.32 bits per heavy atom. The van der Waals surface area contributed by atoms with Gasteiger partial charge in [0.05, 0.1) is 12.2 Å². The van der Waals surface area contributed by atoms with Crippen molar-refractivity contribution in [2.75, 3.05) is 37.5 Å². The largest absolute Gasteiger partial charge is 0.398 e. The predicted octanol–water partition coefficient (Wildman–Crippen LogP) is 1.86. The van der Waals surface area contributed by atoms with Crippen LogP contribution < -0.4 is 5.73 Å². The zero-order chi connectivity index (χ0) is 13.7. The highest BCUT2D eigenvalue weighted by atomic mass is 32.2. The number of para-hydroxylation sites is 1. The topological polar surface area (TPSA) is 55.6 Å². The summed E-state index contributed by atoms with van der Waals surface area (Å²) in [7, 11) is 1.66. The van der Waals surface area contributed by atoms with Crippen LogP contribution in [-0.4, -0.2) is 48.6 Å². The van der Waals surface area contributed by atoms with Gasteiger partial charge in [-0.2, -0.15) is 11.8 Å². The quantitative estimate of drug-likeness (QED) is 0.837. The molecule has 19 heavy (non-hydrogen) atoms. The Hall–Kier alpha value is -1.20. The Bertz CT molecular complexity index is 433. The zero-order valence-corrected chi connectivity index (χ0v) is 12.0. The van der Waals surface area contributed by atoms with E-state index in [0.717, 1.165) is 17.9 Å². The number of hydrogen-bond donors (Lipinski definition) is 1. The van der Waals surface area contributed by atoms with E-state index in [2.05, 4.69) is 0 Å². The van der Waals surface area contributed by atoms with Gasteiger partial charge in [0.25, 0.3) is 5.91 Å². The van der Waals surface area contributed by atoms with Crippen molar-refractivity contribution in [3.8, 4) is 0 Å². The Morgan fingerprint density at radius 3 is 2.95 bits per heavy atom. The molecule has 104 valence electrons. The van der Waals surface area contributed by atoms with Crippen molar-refractivity contribution in [2.24, 2.45) is 0 Å². The third-order valence-corrected chi connectivity index (χ3v) is 4.48. The molecule has 1 fully saturated rings. The van der Waals surface area contributed by atoms with Gasteiger partial charge in [-0.1, -0.05) is 12.1 Å². The second kappa shape index (κ2) is 6.82. The highest BCUT2D eigenvalue weighted by Gasteiger charge is 2.28. The summed E-state index contributed by atoms with van der Waals surface area (Å²) in [5, 5.41) is 0. The number of carbonyl (C=O) groups excluding carboxylic acids is 1. The first kappa shape index (κ1) is 14.2. The van der Waals surface area contributed by atoms with Crippen LogP contribution in [0.25, 0.3) is 0 Å². The summed E-state index contributed by atoms with van der Waals surface area (Å²) < 4.78 is 5.12. The maximum Gasteiger partial charge on any atom is 0.256 e. The van der Waals surface area contributed by atoms with Gasteiger partial charge in [0, 0.05) is 31.1 Å². The molecule has 0 aromatic heterocycles. The fourth-order valence-electron chi connectivity index (χ4n) is 2.25. The van der Waals surface area contributed by atoms with Crippen molar-refractivity contribution >= 4 is 23.4 Å². The molecule has 0 radical (unpaired) electrons. The van der Waals surface area contributed by atoms with Crippen molar-refractivity contribution in [1.82, 2.24) is 4.90 Å². The number of hydrogen-bond acceptors (Lipinski definition) is 4. The molecule has 1 unspecified atom stereocenters. The van der Waals surface area contributed by atoms with Gasteiger partial charge in [0.2, 0.25) is 0 Å². The molecule has 0 saturated carbocycles. The second-order valence-corrected chi connectivity index (χ2v) is 5.75. The molecule has 0 bridgehead atoms. The number of nitrogens with zero attached hydrogens (tertiary/aromatic N) is 1. The molecule has 2 N–H and O–H groups in total.